The average molecular weight is 502 g/mol. The fourth-order valence-electron chi connectivity index (χ4n) is 4.33. The largest absolute Gasteiger partial charge is 0.325 e. The van der Waals surface area contributed by atoms with Crippen molar-refractivity contribution in [3.63, 3.8) is 0 Å². The molecule has 2 aromatic carbocycles. The van der Waals surface area contributed by atoms with E-state index in [0.717, 1.165) is 23.3 Å². The first-order valence-electron chi connectivity index (χ1n) is 11.6. The lowest BCUT2D eigenvalue weighted by molar-refractivity contribution is -0.121. The molecule has 9 heteroatoms. The van der Waals surface area contributed by atoms with Gasteiger partial charge in [-0.25, -0.2) is 8.42 Å². The normalized spacial score (nSPS) is 20.0. The van der Waals surface area contributed by atoms with Gasteiger partial charge < -0.3 is 10.2 Å². The van der Waals surface area contributed by atoms with E-state index in [2.05, 4.69) is 12.2 Å². The third kappa shape index (κ3) is 5.47. The van der Waals surface area contributed by atoms with E-state index < -0.39 is 10.0 Å². The molecule has 0 saturated carbocycles. The molecule has 0 radical (unpaired) electrons. The predicted molar refractivity (Wildman–Crippen MR) is 136 cm³/mol. The summed E-state index contributed by atoms with van der Waals surface area (Å²) in [5.41, 5.74) is 2.15. The molecular weight excluding hydrogens is 470 g/mol. The number of fused-ring (bicyclic) bond motifs is 1. The van der Waals surface area contributed by atoms with Gasteiger partial charge in [0.25, 0.3) is 0 Å². The van der Waals surface area contributed by atoms with E-state index in [1.807, 2.05) is 32.0 Å². The number of aryl methyl sites for hydroxylation is 1. The number of benzene rings is 2. The Kier molecular flexibility index (Phi) is 7.35. The van der Waals surface area contributed by atoms with Crippen molar-refractivity contribution >= 4 is 45.0 Å². The molecule has 2 aliphatic rings. The lowest BCUT2D eigenvalue weighted by Gasteiger charge is -2.30. The monoisotopic (exact) mass is 501 g/mol. The standard InChI is InChI=1S/C25H31N3O4S2/c1-17-9-11-27(12-10-17)34(31,32)21-7-8-23-22(15-21)28(25(30)14-19(3)33-23)16-24(29)26-20-6-4-5-18(2)13-20/h4-8,13,15,17,19H,9-12,14,16H2,1-3H3,(H,26,29)/t19-/m0/s1. The van der Waals surface area contributed by atoms with Gasteiger partial charge in [-0.15, -0.1) is 11.8 Å². The molecule has 1 N–H and O–H groups in total. The van der Waals surface area contributed by atoms with Crippen LogP contribution < -0.4 is 10.2 Å². The molecule has 0 aromatic heterocycles. The van der Waals surface area contributed by atoms with Crippen LogP contribution in [-0.4, -0.2) is 49.4 Å². The summed E-state index contributed by atoms with van der Waals surface area (Å²) in [6.45, 7) is 6.84. The number of amides is 2. The van der Waals surface area contributed by atoms with Crippen molar-refractivity contribution in [3.05, 3.63) is 48.0 Å². The Morgan fingerprint density at radius 1 is 1.12 bits per heavy atom. The summed E-state index contributed by atoms with van der Waals surface area (Å²) in [6, 6.07) is 12.4. The molecule has 0 aliphatic carbocycles. The summed E-state index contributed by atoms with van der Waals surface area (Å²) in [7, 11) is -3.68. The number of carbonyl (C=O) groups excluding carboxylic acids is 2. The van der Waals surface area contributed by atoms with Gasteiger partial charge in [0.2, 0.25) is 21.8 Å². The minimum atomic E-state index is -3.68. The van der Waals surface area contributed by atoms with Gasteiger partial charge in [0.15, 0.2) is 0 Å². The molecule has 0 spiro atoms. The summed E-state index contributed by atoms with van der Waals surface area (Å²) in [5.74, 6) is -0.0152. The zero-order valence-electron chi connectivity index (χ0n) is 19.8. The van der Waals surface area contributed by atoms with Crippen LogP contribution in [0.3, 0.4) is 0 Å². The van der Waals surface area contributed by atoms with Crippen molar-refractivity contribution in [1.29, 1.82) is 0 Å². The molecule has 0 unspecified atom stereocenters. The Hall–Kier alpha value is -2.36. The summed E-state index contributed by atoms with van der Waals surface area (Å²) in [4.78, 5) is 28.3. The smallest absolute Gasteiger partial charge is 0.244 e. The quantitative estimate of drug-likeness (QED) is 0.661. The van der Waals surface area contributed by atoms with E-state index >= 15 is 0 Å². The summed E-state index contributed by atoms with van der Waals surface area (Å²) >= 11 is 1.53. The zero-order chi connectivity index (χ0) is 24.5. The van der Waals surface area contributed by atoms with Crippen molar-refractivity contribution in [2.45, 2.75) is 55.1 Å². The lowest BCUT2D eigenvalue weighted by Crippen LogP contribution is -2.39. The third-order valence-electron chi connectivity index (χ3n) is 6.30. The van der Waals surface area contributed by atoms with Crippen LogP contribution in [-0.2, 0) is 19.6 Å². The second-order valence-corrected chi connectivity index (χ2v) is 12.7. The summed E-state index contributed by atoms with van der Waals surface area (Å²) in [5, 5.41) is 2.86. The zero-order valence-corrected chi connectivity index (χ0v) is 21.4. The molecule has 1 fully saturated rings. The molecule has 1 saturated heterocycles. The topological polar surface area (TPSA) is 86.8 Å². The Labute approximate surface area is 205 Å². The van der Waals surface area contributed by atoms with E-state index in [0.29, 0.717) is 30.4 Å². The number of thioether (sulfide) groups is 1. The van der Waals surface area contributed by atoms with Gasteiger partial charge in [0.05, 0.1) is 10.6 Å². The van der Waals surface area contributed by atoms with E-state index in [4.69, 9.17) is 0 Å². The second kappa shape index (κ2) is 10.1. The van der Waals surface area contributed by atoms with Gasteiger partial charge >= 0.3 is 0 Å². The number of rotatable bonds is 5. The fourth-order valence-corrected chi connectivity index (χ4v) is 6.92. The van der Waals surface area contributed by atoms with Crippen molar-refractivity contribution in [2.75, 3.05) is 29.9 Å². The highest BCUT2D eigenvalue weighted by Crippen LogP contribution is 2.40. The van der Waals surface area contributed by atoms with Crippen LogP contribution in [0.1, 0.15) is 38.7 Å². The first-order valence-corrected chi connectivity index (χ1v) is 13.9. The third-order valence-corrected chi connectivity index (χ3v) is 9.36. The van der Waals surface area contributed by atoms with Crippen molar-refractivity contribution in [2.24, 2.45) is 5.92 Å². The van der Waals surface area contributed by atoms with Gasteiger partial charge in [-0.3, -0.25) is 9.59 Å². The number of hydrogen-bond donors (Lipinski definition) is 1. The number of nitrogens with zero attached hydrogens (tertiary/aromatic N) is 2. The van der Waals surface area contributed by atoms with Gasteiger partial charge in [-0.1, -0.05) is 26.0 Å². The van der Waals surface area contributed by atoms with Gasteiger partial charge in [-0.2, -0.15) is 4.31 Å². The van der Waals surface area contributed by atoms with Crippen LogP contribution >= 0.6 is 11.8 Å². The van der Waals surface area contributed by atoms with E-state index in [-0.39, 0.29) is 34.9 Å². The molecular formula is C25H31N3O4S2. The molecule has 2 aliphatic heterocycles. The Bertz CT molecular complexity index is 1190. The lowest BCUT2D eigenvalue weighted by atomic mass is 10.0. The average Bonchev–Trinajstić information content (AvgIpc) is 2.89. The minimum absolute atomic E-state index is 0.0159. The molecule has 7 nitrogen and oxygen atoms in total. The Morgan fingerprint density at radius 2 is 1.85 bits per heavy atom. The number of sulfonamides is 1. The molecule has 2 aromatic rings. The van der Waals surface area contributed by atoms with Crippen molar-refractivity contribution < 1.29 is 18.0 Å². The van der Waals surface area contributed by atoms with E-state index in [9.17, 15) is 18.0 Å². The van der Waals surface area contributed by atoms with Gasteiger partial charge in [0.1, 0.15) is 6.54 Å². The number of piperidine rings is 1. The van der Waals surface area contributed by atoms with Crippen LogP contribution in [0.25, 0.3) is 0 Å². The first-order chi connectivity index (χ1) is 16.1. The number of carbonyl (C=O) groups is 2. The highest BCUT2D eigenvalue weighted by molar-refractivity contribution is 8.00. The Balaban J connectivity index is 1.63. The molecule has 2 amide bonds. The van der Waals surface area contributed by atoms with Crippen LogP contribution in [0.4, 0.5) is 11.4 Å². The molecule has 34 heavy (non-hydrogen) atoms. The number of hydrogen-bond acceptors (Lipinski definition) is 5. The van der Waals surface area contributed by atoms with Gasteiger partial charge in [-0.05, 0) is 61.6 Å². The molecule has 2 heterocycles. The maximum absolute atomic E-state index is 13.3. The highest BCUT2D eigenvalue weighted by atomic mass is 32.2. The minimum Gasteiger partial charge on any atom is -0.325 e. The highest BCUT2D eigenvalue weighted by Gasteiger charge is 2.32. The number of nitrogens with one attached hydrogen (secondary N) is 1. The predicted octanol–water partition coefficient (Wildman–Crippen LogP) is 4.27. The maximum Gasteiger partial charge on any atom is 0.244 e. The SMILES string of the molecule is Cc1cccc(NC(=O)CN2C(=O)C[C@H](C)Sc3ccc(S(=O)(=O)N4CCC(C)CC4)cc32)c1. The Morgan fingerprint density at radius 3 is 2.56 bits per heavy atom. The number of anilines is 2. The van der Waals surface area contributed by atoms with Gasteiger partial charge in [0, 0.05) is 35.3 Å². The summed E-state index contributed by atoms with van der Waals surface area (Å²) in [6.07, 6.45) is 1.94. The molecule has 4 rings (SSSR count). The van der Waals surface area contributed by atoms with Crippen molar-refractivity contribution in [1.82, 2.24) is 4.31 Å². The molecule has 1 atom stereocenters. The maximum atomic E-state index is 13.3. The second-order valence-electron chi connectivity index (χ2n) is 9.25. The van der Waals surface area contributed by atoms with Crippen molar-refractivity contribution in [3.8, 4) is 0 Å². The fraction of sp³-hybridized carbons (Fsp3) is 0.440. The van der Waals surface area contributed by atoms with Crippen LogP contribution in [0, 0.1) is 12.8 Å². The summed E-state index contributed by atoms with van der Waals surface area (Å²) < 4.78 is 28.2. The van der Waals surface area contributed by atoms with Crippen LogP contribution in [0.5, 0.6) is 0 Å². The van der Waals surface area contributed by atoms with Crippen LogP contribution in [0.15, 0.2) is 52.3 Å². The van der Waals surface area contributed by atoms with E-state index in [1.165, 1.54) is 21.0 Å². The van der Waals surface area contributed by atoms with Crippen LogP contribution in [0.2, 0.25) is 0 Å². The molecule has 182 valence electrons. The first kappa shape index (κ1) is 24.8. The van der Waals surface area contributed by atoms with E-state index in [1.54, 1.807) is 24.3 Å². The molecule has 0 bridgehead atoms.